The van der Waals surface area contributed by atoms with Gasteiger partial charge in [-0.15, -0.1) is 0 Å². The number of carbonyl (C=O) groups is 1. The fraction of sp³-hybridized carbons (Fsp3) is 0.429. The van der Waals surface area contributed by atoms with Crippen LogP contribution in [-0.4, -0.2) is 26.0 Å². The average Bonchev–Trinajstić information content (AvgIpc) is 2.35. The molecule has 1 aromatic rings. The van der Waals surface area contributed by atoms with Gasteiger partial charge in [-0.05, 0) is 24.1 Å². The Balaban J connectivity index is 2.66. The average molecular weight is 260 g/mol. The summed E-state index contributed by atoms with van der Waals surface area (Å²) < 4.78 is 0. The summed E-state index contributed by atoms with van der Waals surface area (Å²) in [6, 6.07) is 7.08. The van der Waals surface area contributed by atoms with Crippen LogP contribution in [0.3, 0.4) is 0 Å². The minimum absolute atomic E-state index is 0.0417. The van der Waals surface area contributed by atoms with Crippen LogP contribution in [0, 0.1) is 17.2 Å². The molecule has 0 aliphatic rings. The molecule has 3 N–H and O–H groups in total. The molecule has 0 atom stereocenters. The summed E-state index contributed by atoms with van der Waals surface area (Å²) in [6.45, 7) is 4.99. The van der Waals surface area contributed by atoms with E-state index in [0.717, 1.165) is 5.69 Å². The van der Waals surface area contributed by atoms with Gasteiger partial charge >= 0.3 is 0 Å². The Hall–Kier alpha value is -2.22. The first-order valence-electron chi connectivity index (χ1n) is 6.21. The van der Waals surface area contributed by atoms with Gasteiger partial charge in [-0.2, -0.15) is 5.26 Å². The lowest BCUT2D eigenvalue weighted by molar-refractivity contribution is -0.119. The first-order chi connectivity index (χ1) is 8.93. The van der Waals surface area contributed by atoms with E-state index in [1.807, 2.05) is 19.9 Å². The van der Waals surface area contributed by atoms with Crippen molar-refractivity contribution in [2.45, 2.75) is 13.8 Å². The standard InChI is InChI=1S/C14H20N4O/c1-10(2)8-17-14(19)9-18(3)13-5-4-11(7-15)6-12(13)16/h4-6,10H,8-9,16H2,1-3H3,(H,17,19). The fourth-order valence-corrected chi connectivity index (χ4v) is 1.65. The molecule has 19 heavy (non-hydrogen) atoms. The molecule has 0 aliphatic carbocycles. The fourth-order valence-electron chi connectivity index (χ4n) is 1.65. The Labute approximate surface area is 114 Å². The SMILES string of the molecule is CC(C)CNC(=O)CN(C)c1ccc(C#N)cc1N. The molecule has 0 heterocycles. The monoisotopic (exact) mass is 260 g/mol. The minimum Gasteiger partial charge on any atom is -0.397 e. The molecule has 0 bridgehead atoms. The van der Waals surface area contributed by atoms with Crippen LogP contribution in [0.15, 0.2) is 18.2 Å². The number of likely N-dealkylation sites (N-methyl/N-ethyl adjacent to an activating group) is 1. The number of rotatable bonds is 5. The number of nitrogen functional groups attached to an aromatic ring is 1. The minimum atomic E-state index is -0.0417. The van der Waals surface area contributed by atoms with E-state index >= 15 is 0 Å². The number of carbonyl (C=O) groups excluding carboxylic acids is 1. The van der Waals surface area contributed by atoms with Gasteiger partial charge in [0.1, 0.15) is 0 Å². The summed E-state index contributed by atoms with van der Waals surface area (Å²) in [5.74, 6) is 0.384. The molecule has 0 spiro atoms. The highest BCUT2D eigenvalue weighted by molar-refractivity contribution is 5.83. The maximum atomic E-state index is 11.7. The summed E-state index contributed by atoms with van der Waals surface area (Å²) in [6.07, 6.45) is 0. The van der Waals surface area contributed by atoms with Gasteiger partial charge in [0.05, 0.1) is 29.6 Å². The Morgan fingerprint density at radius 1 is 1.53 bits per heavy atom. The molecule has 0 aromatic heterocycles. The number of anilines is 2. The van der Waals surface area contributed by atoms with Crippen molar-refractivity contribution in [2.24, 2.45) is 5.92 Å². The van der Waals surface area contributed by atoms with E-state index in [1.54, 1.807) is 30.1 Å². The van der Waals surface area contributed by atoms with E-state index in [0.29, 0.717) is 23.7 Å². The predicted molar refractivity (Wildman–Crippen MR) is 76.7 cm³/mol. The Morgan fingerprint density at radius 2 is 2.21 bits per heavy atom. The smallest absolute Gasteiger partial charge is 0.239 e. The molecule has 0 saturated carbocycles. The number of nitrogens with two attached hydrogens (primary N) is 1. The Morgan fingerprint density at radius 3 is 2.74 bits per heavy atom. The van der Waals surface area contributed by atoms with E-state index in [9.17, 15) is 4.79 Å². The third-order valence-electron chi connectivity index (χ3n) is 2.66. The second-order valence-corrected chi connectivity index (χ2v) is 4.94. The van der Waals surface area contributed by atoms with Gasteiger partial charge in [0.2, 0.25) is 5.91 Å². The second kappa shape index (κ2) is 6.64. The molecular weight excluding hydrogens is 240 g/mol. The molecule has 0 aliphatic heterocycles. The molecule has 1 amide bonds. The van der Waals surface area contributed by atoms with Gasteiger partial charge in [0, 0.05) is 13.6 Å². The van der Waals surface area contributed by atoms with Crippen LogP contribution in [0.1, 0.15) is 19.4 Å². The summed E-state index contributed by atoms with van der Waals surface area (Å²) in [5, 5.41) is 11.6. The highest BCUT2D eigenvalue weighted by Crippen LogP contribution is 2.22. The first kappa shape index (κ1) is 14.8. The van der Waals surface area contributed by atoms with Gasteiger partial charge in [0.15, 0.2) is 0 Å². The molecule has 5 nitrogen and oxygen atoms in total. The van der Waals surface area contributed by atoms with Crippen molar-refractivity contribution in [3.05, 3.63) is 23.8 Å². The molecule has 1 aromatic carbocycles. The summed E-state index contributed by atoms with van der Waals surface area (Å²) >= 11 is 0. The molecule has 1 rings (SSSR count). The Bertz CT molecular complexity index is 491. The highest BCUT2D eigenvalue weighted by Gasteiger charge is 2.10. The molecule has 5 heteroatoms. The van der Waals surface area contributed by atoms with Crippen LogP contribution >= 0.6 is 0 Å². The van der Waals surface area contributed by atoms with Crippen LogP contribution in [-0.2, 0) is 4.79 Å². The number of nitrogens with one attached hydrogen (secondary N) is 1. The number of nitrogens with zero attached hydrogens (tertiary/aromatic N) is 2. The highest BCUT2D eigenvalue weighted by atomic mass is 16.2. The van der Waals surface area contributed by atoms with Crippen molar-refractivity contribution in [1.82, 2.24) is 5.32 Å². The van der Waals surface area contributed by atoms with Crippen molar-refractivity contribution in [1.29, 1.82) is 5.26 Å². The van der Waals surface area contributed by atoms with Gasteiger partial charge in [0.25, 0.3) is 0 Å². The lowest BCUT2D eigenvalue weighted by Gasteiger charge is -2.21. The molecular formula is C14H20N4O. The molecule has 0 radical (unpaired) electrons. The summed E-state index contributed by atoms with van der Waals surface area (Å²) in [7, 11) is 1.80. The van der Waals surface area contributed by atoms with Crippen molar-refractivity contribution >= 4 is 17.3 Å². The van der Waals surface area contributed by atoms with Crippen molar-refractivity contribution in [3.8, 4) is 6.07 Å². The van der Waals surface area contributed by atoms with E-state index in [4.69, 9.17) is 11.0 Å². The van der Waals surface area contributed by atoms with Crippen molar-refractivity contribution in [3.63, 3.8) is 0 Å². The largest absolute Gasteiger partial charge is 0.397 e. The van der Waals surface area contributed by atoms with E-state index in [1.165, 1.54) is 0 Å². The van der Waals surface area contributed by atoms with Crippen molar-refractivity contribution < 1.29 is 4.79 Å². The molecule has 102 valence electrons. The van der Waals surface area contributed by atoms with Crippen LogP contribution in [0.5, 0.6) is 0 Å². The number of hydrogen-bond donors (Lipinski definition) is 2. The summed E-state index contributed by atoms with van der Waals surface area (Å²) in [4.78, 5) is 13.5. The topological polar surface area (TPSA) is 82.2 Å². The predicted octanol–water partition coefficient (Wildman–Crippen LogP) is 1.35. The number of amides is 1. The van der Waals surface area contributed by atoms with E-state index in [2.05, 4.69) is 5.32 Å². The van der Waals surface area contributed by atoms with Crippen molar-refractivity contribution in [2.75, 3.05) is 30.8 Å². The maximum Gasteiger partial charge on any atom is 0.239 e. The van der Waals surface area contributed by atoms with Crippen LogP contribution in [0.25, 0.3) is 0 Å². The first-order valence-corrected chi connectivity index (χ1v) is 6.21. The van der Waals surface area contributed by atoms with Crippen LogP contribution in [0.4, 0.5) is 11.4 Å². The van der Waals surface area contributed by atoms with E-state index in [-0.39, 0.29) is 12.5 Å². The lowest BCUT2D eigenvalue weighted by atomic mass is 10.2. The molecule has 0 unspecified atom stereocenters. The lowest BCUT2D eigenvalue weighted by Crippen LogP contribution is -2.37. The zero-order valence-electron chi connectivity index (χ0n) is 11.6. The van der Waals surface area contributed by atoms with Gasteiger partial charge in [-0.1, -0.05) is 13.8 Å². The number of hydrogen-bond acceptors (Lipinski definition) is 4. The molecule has 0 fully saturated rings. The number of benzene rings is 1. The quantitative estimate of drug-likeness (QED) is 0.783. The van der Waals surface area contributed by atoms with Gasteiger partial charge in [-0.3, -0.25) is 4.79 Å². The third-order valence-corrected chi connectivity index (χ3v) is 2.66. The zero-order valence-corrected chi connectivity index (χ0v) is 11.6. The van der Waals surface area contributed by atoms with Crippen LogP contribution < -0.4 is 16.0 Å². The normalized spacial score (nSPS) is 10.1. The van der Waals surface area contributed by atoms with Crippen LogP contribution in [0.2, 0.25) is 0 Å². The van der Waals surface area contributed by atoms with Gasteiger partial charge < -0.3 is 16.0 Å². The number of nitriles is 1. The third kappa shape index (κ3) is 4.51. The molecule has 0 saturated heterocycles. The Kier molecular flexibility index (Phi) is 5.19. The maximum absolute atomic E-state index is 11.7. The van der Waals surface area contributed by atoms with Gasteiger partial charge in [-0.25, -0.2) is 0 Å². The van der Waals surface area contributed by atoms with E-state index < -0.39 is 0 Å². The zero-order chi connectivity index (χ0) is 14.4. The second-order valence-electron chi connectivity index (χ2n) is 4.94. The summed E-state index contributed by atoms with van der Waals surface area (Å²) in [5.41, 5.74) is 7.63.